The number of hydrogen-bond acceptors (Lipinski definition) is 4. The van der Waals surface area contributed by atoms with Gasteiger partial charge in [-0.15, -0.1) is 0 Å². The van der Waals surface area contributed by atoms with Crippen LogP contribution in [0.5, 0.6) is 0 Å². The Morgan fingerprint density at radius 2 is 1.76 bits per heavy atom. The molecule has 0 aliphatic carbocycles. The molecule has 2 aromatic rings. The van der Waals surface area contributed by atoms with Gasteiger partial charge in [-0.3, -0.25) is 13.9 Å². The van der Waals surface area contributed by atoms with Gasteiger partial charge in [0.05, 0.1) is 22.0 Å². The summed E-state index contributed by atoms with van der Waals surface area (Å²) in [7, 11) is -3.88. The van der Waals surface area contributed by atoms with Gasteiger partial charge in [0.15, 0.2) is 0 Å². The van der Waals surface area contributed by atoms with E-state index < -0.39 is 28.5 Å². The summed E-state index contributed by atoms with van der Waals surface area (Å²) in [5.41, 5.74) is 1.90. The van der Waals surface area contributed by atoms with E-state index in [-0.39, 0.29) is 28.2 Å². The zero-order valence-corrected chi connectivity index (χ0v) is 21.5. The highest BCUT2D eigenvalue weighted by Gasteiger charge is 2.31. The lowest BCUT2D eigenvalue weighted by Gasteiger charge is -2.32. The number of sulfonamides is 1. The predicted molar refractivity (Wildman–Crippen MR) is 133 cm³/mol. The van der Waals surface area contributed by atoms with Crippen molar-refractivity contribution in [2.45, 2.75) is 39.8 Å². The summed E-state index contributed by atoms with van der Waals surface area (Å²) in [6, 6.07) is 11.3. The Hall–Kier alpha value is -2.29. The first-order valence-corrected chi connectivity index (χ1v) is 13.1. The van der Waals surface area contributed by atoms with Crippen molar-refractivity contribution in [1.82, 2.24) is 10.2 Å². The average Bonchev–Trinajstić information content (AvgIpc) is 2.76. The number of benzene rings is 2. The van der Waals surface area contributed by atoms with E-state index in [1.807, 2.05) is 38.1 Å². The van der Waals surface area contributed by atoms with Crippen molar-refractivity contribution in [2.75, 3.05) is 23.7 Å². The zero-order chi connectivity index (χ0) is 24.8. The second-order valence-electron chi connectivity index (χ2n) is 7.76. The number of carbonyl (C=O) groups excluding carboxylic acids is 2. The Bertz CT molecular complexity index is 1110. The van der Waals surface area contributed by atoms with E-state index in [0.29, 0.717) is 6.54 Å². The standard InChI is InChI=1S/C23H29Cl2N3O4S/c1-5-13-26-23(30)17(3)27(14-18-10-7-6-9-16(18)2)21(29)15-28(33(4,31)32)20-12-8-11-19(24)22(20)25/h6-12,17H,5,13-15H2,1-4H3,(H,26,30). The molecular formula is C23H29Cl2N3O4S. The van der Waals surface area contributed by atoms with Crippen molar-refractivity contribution >= 4 is 50.7 Å². The van der Waals surface area contributed by atoms with Crippen LogP contribution in [0.2, 0.25) is 10.0 Å². The minimum atomic E-state index is -3.88. The number of nitrogens with one attached hydrogen (secondary N) is 1. The van der Waals surface area contributed by atoms with Crippen LogP contribution in [0.4, 0.5) is 5.69 Å². The van der Waals surface area contributed by atoms with Crippen LogP contribution < -0.4 is 9.62 Å². The maximum Gasteiger partial charge on any atom is 0.244 e. The van der Waals surface area contributed by atoms with Crippen LogP contribution in [-0.4, -0.2) is 50.5 Å². The molecule has 0 bridgehead atoms. The van der Waals surface area contributed by atoms with Gasteiger partial charge in [0.25, 0.3) is 0 Å². The topological polar surface area (TPSA) is 86.8 Å². The lowest BCUT2D eigenvalue weighted by Crippen LogP contribution is -2.51. The molecule has 10 heteroatoms. The quantitative estimate of drug-likeness (QED) is 0.519. The summed E-state index contributed by atoms with van der Waals surface area (Å²) in [4.78, 5) is 27.5. The molecule has 2 amide bonds. The number of nitrogens with zero attached hydrogens (tertiary/aromatic N) is 2. The molecule has 0 aliphatic rings. The number of anilines is 1. The molecule has 0 saturated heterocycles. The minimum absolute atomic E-state index is 0.0246. The number of halogens is 2. The number of hydrogen-bond donors (Lipinski definition) is 1. The molecule has 0 aromatic heterocycles. The smallest absolute Gasteiger partial charge is 0.244 e. The lowest BCUT2D eigenvalue weighted by atomic mass is 10.1. The van der Waals surface area contributed by atoms with Crippen molar-refractivity contribution < 1.29 is 18.0 Å². The normalized spacial score (nSPS) is 12.2. The average molecular weight is 514 g/mol. The van der Waals surface area contributed by atoms with Crippen molar-refractivity contribution in [3.8, 4) is 0 Å². The van der Waals surface area contributed by atoms with Crippen molar-refractivity contribution in [3.63, 3.8) is 0 Å². The monoisotopic (exact) mass is 513 g/mol. The van der Waals surface area contributed by atoms with Crippen LogP contribution in [-0.2, 0) is 26.2 Å². The molecule has 1 N–H and O–H groups in total. The van der Waals surface area contributed by atoms with Crippen LogP contribution >= 0.6 is 23.2 Å². The van der Waals surface area contributed by atoms with Gasteiger partial charge < -0.3 is 10.2 Å². The number of rotatable bonds is 10. The Kier molecular flexibility index (Phi) is 9.57. The van der Waals surface area contributed by atoms with E-state index in [4.69, 9.17) is 23.2 Å². The molecule has 0 heterocycles. The SMILES string of the molecule is CCCNC(=O)C(C)N(Cc1ccccc1C)C(=O)CN(c1cccc(Cl)c1Cl)S(C)(=O)=O. The Morgan fingerprint density at radius 3 is 2.36 bits per heavy atom. The molecule has 0 spiro atoms. The van der Waals surface area contributed by atoms with Gasteiger partial charge in [0, 0.05) is 13.1 Å². The van der Waals surface area contributed by atoms with E-state index in [0.717, 1.165) is 28.1 Å². The molecule has 2 rings (SSSR count). The van der Waals surface area contributed by atoms with Crippen LogP contribution in [0, 0.1) is 6.92 Å². The zero-order valence-electron chi connectivity index (χ0n) is 19.1. The molecule has 0 aliphatic heterocycles. The van der Waals surface area contributed by atoms with E-state index >= 15 is 0 Å². The summed E-state index contributed by atoms with van der Waals surface area (Å²) in [5.74, 6) is -0.857. The highest BCUT2D eigenvalue weighted by molar-refractivity contribution is 7.92. The summed E-state index contributed by atoms with van der Waals surface area (Å²) < 4.78 is 26.1. The van der Waals surface area contributed by atoms with Gasteiger partial charge >= 0.3 is 0 Å². The van der Waals surface area contributed by atoms with Crippen molar-refractivity contribution in [1.29, 1.82) is 0 Å². The van der Waals surface area contributed by atoms with Crippen LogP contribution in [0.15, 0.2) is 42.5 Å². The van der Waals surface area contributed by atoms with Gasteiger partial charge in [-0.1, -0.05) is 60.5 Å². The summed E-state index contributed by atoms with van der Waals surface area (Å²) in [6.45, 7) is 5.55. The molecule has 33 heavy (non-hydrogen) atoms. The maximum atomic E-state index is 13.5. The first-order chi connectivity index (χ1) is 15.5. The summed E-state index contributed by atoms with van der Waals surface area (Å²) in [5, 5.41) is 2.99. The molecule has 0 radical (unpaired) electrons. The fraction of sp³-hybridized carbons (Fsp3) is 0.391. The molecule has 2 aromatic carbocycles. The minimum Gasteiger partial charge on any atom is -0.354 e. The molecule has 180 valence electrons. The van der Waals surface area contributed by atoms with Gasteiger partial charge in [-0.25, -0.2) is 8.42 Å². The van der Waals surface area contributed by atoms with Crippen LogP contribution in [0.1, 0.15) is 31.4 Å². The van der Waals surface area contributed by atoms with Crippen molar-refractivity contribution in [2.24, 2.45) is 0 Å². The fourth-order valence-electron chi connectivity index (χ4n) is 3.23. The van der Waals surface area contributed by atoms with Gasteiger partial charge in [0.1, 0.15) is 12.6 Å². The molecule has 7 nitrogen and oxygen atoms in total. The third-order valence-corrected chi connectivity index (χ3v) is 7.13. The molecule has 0 fully saturated rings. The molecule has 1 unspecified atom stereocenters. The first kappa shape index (κ1) is 27.0. The molecular weight excluding hydrogens is 485 g/mol. The highest BCUT2D eigenvalue weighted by atomic mass is 35.5. The second kappa shape index (κ2) is 11.7. The predicted octanol–water partition coefficient (Wildman–Crippen LogP) is 4.01. The van der Waals surface area contributed by atoms with Gasteiger partial charge in [-0.05, 0) is 43.5 Å². The maximum absolute atomic E-state index is 13.5. The van der Waals surface area contributed by atoms with Crippen LogP contribution in [0.25, 0.3) is 0 Å². The third-order valence-electron chi connectivity index (χ3n) is 5.20. The van der Waals surface area contributed by atoms with E-state index in [1.165, 1.54) is 17.0 Å². The lowest BCUT2D eigenvalue weighted by molar-refractivity contribution is -0.139. The summed E-state index contributed by atoms with van der Waals surface area (Å²) in [6.07, 6.45) is 1.74. The largest absolute Gasteiger partial charge is 0.354 e. The van der Waals surface area contributed by atoms with Crippen LogP contribution in [0.3, 0.4) is 0 Å². The molecule has 1 atom stereocenters. The first-order valence-electron chi connectivity index (χ1n) is 10.5. The fourth-order valence-corrected chi connectivity index (χ4v) is 4.53. The Labute approximate surface area is 205 Å². The van der Waals surface area contributed by atoms with Crippen molar-refractivity contribution in [3.05, 3.63) is 63.6 Å². The molecule has 0 saturated carbocycles. The number of aryl methyl sites for hydroxylation is 1. The summed E-state index contributed by atoms with van der Waals surface area (Å²) >= 11 is 12.3. The van der Waals surface area contributed by atoms with E-state index in [1.54, 1.807) is 13.0 Å². The van der Waals surface area contributed by atoms with Gasteiger partial charge in [0.2, 0.25) is 21.8 Å². The second-order valence-corrected chi connectivity index (χ2v) is 10.4. The highest BCUT2D eigenvalue weighted by Crippen LogP contribution is 2.33. The number of amides is 2. The van der Waals surface area contributed by atoms with E-state index in [9.17, 15) is 18.0 Å². The number of carbonyl (C=O) groups is 2. The Balaban J connectivity index is 2.43. The van der Waals surface area contributed by atoms with E-state index in [2.05, 4.69) is 5.32 Å². The Morgan fingerprint density at radius 1 is 1.09 bits per heavy atom. The third kappa shape index (κ3) is 7.09. The van der Waals surface area contributed by atoms with Gasteiger partial charge in [-0.2, -0.15) is 0 Å².